The Hall–Kier alpha value is -5.81. The SMILES string of the molecule is COCC(CCO)c1c(CO)c2ccc3c(c2oc1=O)C1OC(=O)CC2CC(c4cccc(Cc5ccccc5)c4)C=CC2c2ccc(cc2)CCC(=C(C)C)C(=O)OC1C(C)(C1CCCC1)O3. The molecular weight excluding hydrogens is 857 g/mol. The highest BCUT2D eigenvalue weighted by Crippen LogP contribution is 2.53. The van der Waals surface area contributed by atoms with Crippen LogP contribution in [0.15, 0.2) is 124 Å². The van der Waals surface area contributed by atoms with E-state index in [-0.39, 0.29) is 66.4 Å². The third-order valence-electron chi connectivity index (χ3n) is 15.3. The lowest BCUT2D eigenvalue weighted by Crippen LogP contribution is -2.58. The number of aliphatic hydroxyl groups is 2. The van der Waals surface area contributed by atoms with E-state index in [4.69, 9.17) is 23.4 Å². The number of fused-ring (bicyclic) bond motifs is 11. The number of allylic oxidation sites excluding steroid dienone is 3. The molecule has 1 saturated carbocycles. The molecule has 1 aromatic heterocycles. The molecule has 2 bridgehead atoms. The van der Waals surface area contributed by atoms with Crippen LogP contribution in [0.25, 0.3) is 11.0 Å². The molecule has 7 atom stereocenters. The molecular formula is C58H64O10. The molecule has 10 heteroatoms. The van der Waals surface area contributed by atoms with E-state index in [1.54, 1.807) is 12.1 Å². The first kappa shape index (κ1) is 47.3. The molecule has 0 amide bonds. The Morgan fingerprint density at radius 2 is 1.62 bits per heavy atom. The van der Waals surface area contributed by atoms with Gasteiger partial charge in [-0.2, -0.15) is 0 Å². The fraction of sp³-hybridized carbons (Fsp3) is 0.431. The molecule has 1 fully saturated rings. The van der Waals surface area contributed by atoms with Gasteiger partial charge in [0.25, 0.3) is 0 Å². The molecule has 2 aliphatic carbocycles. The first-order valence-electron chi connectivity index (χ1n) is 24.5. The summed E-state index contributed by atoms with van der Waals surface area (Å²) >= 11 is 0. The molecule has 5 aliphatic rings. The highest BCUT2D eigenvalue weighted by Gasteiger charge is 2.57. The van der Waals surface area contributed by atoms with Crippen molar-refractivity contribution in [3.8, 4) is 5.75 Å². The van der Waals surface area contributed by atoms with Crippen molar-refractivity contribution < 1.29 is 43.2 Å². The van der Waals surface area contributed by atoms with Crippen molar-refractivity contribution in [1.29, 1.82) is 0 Å². The number of hydrogen-bond donors (Lipinski definition) is 2. The van der Waals surface area contributed by atoms with Gasteiger partial charge in [0.05, 0.1) is 18.8 Å². The zero-order valence-corrected chi connectivity index (χ0v) is 39.7. The number of aryl methyl sites for hydroxylation is 1. The van der Waals surface area contributed by atoms with Gasteiger partial charge in [0.1, 0.15) is 16.9 Å². The minimum absolute atomic E-state index is 0.0485. The van der Waals surface area contributed by atoms with Crippen molar-refractivity contribution in [3.05, 3.63) is 169 Å². The summed E-state index contributed by atoms with van der Waals surface area (Å²) in [4.78, 5) is 44.2. The van der Waals surface area contributed by atoms with Gasteiger partial charge in [-0.05, 0) is 117 Å². The standard InChI is InChI=1S/C58H64O10/c1-35(2)45-23-19-36-17-20-39(21-18-36)46-24-22-41(40-14-10-13-38(30-40)29-37-11-6-5-7-12-37)31-43(46)32-50(61)65-54-52-49(68-58(3,44-15-8-9-16-44)55(54)67-56(45)62)26-25-47-48(33-60)51(57(63)66-53(47)52)42(27-28-59)34-64-4/h5-7,10-14,17-18,20-22,24-26,30,41-44,46,54-55,59-60H,8-9,15-16,19,23,27-29,31-34H2,1-4H3. The molecule has 0 radical (unpaired) electrons. The topological polar surface area (TPSA) is 142 Å². The predicted octanol–water partition coefficient (Wildman–Crippen LogP) is 10.6. The maximum absolute atomic E-state index is 15.1. The second kappa shape index (κ2) is 20.4. The third-order valence-corrected chi connectivity index (χ3v) is 15.3. The third kappa shape index (κ3) is 9.47. The molecule has 10 rings (SSSR count). The summed E-state index contributed by atoms with van der Waals surface area (Å²) in [6.07, 6.45) is 8.57. The largest absolute Gasteiger partial charge is 0.483 e. The highest BCUT2D eigenvalue weighted by molar-refractivity contribution is 5.90. The zero-order valence-electron chi connectivity index (χ0n) is 39.7. The van der Waals surface area contributed by atoms with Crippen LogP contribution in [-0.2, 0) is 43.2 Å². The number of methoxy groups -OCH3 is 1. The molecule has 4 aromatic carbocycles. The molecule has 5 aromatic rings. The molecule has 3 aliphatic heterocycles. The van der Waals surface area contributed by atoms with Crippen molar-refractivity contribution in [1.82, 2.24) is 0 Å². The maximum Gasteiger partial charge on any atom is 0.340 e. The summed E-state index contributed by atoms with van der Waals surface area (Å²) in [5.74, 6) is -1.45. The number of ether oxygens (including phenoxy) is 4. The minimum atomic E-state index is -1.25. The van der Waals surface area contributed by atoms with Gasteiger partial charge in [-0.25, -0.2) is 9.59 Å². The van der Waals surface area contributed by atoms with Crippen molar-refractivity contribution in [2.24, 2.45) is 11.8 Å². The fourth-order valence-electron chi connectivity index (χ4n) is 11.7. The van der Waals surface area contributed by atoms with Crippen molar-refractivity contribution in [3.63, 3.8) is 0 Å². The van der Waals surface area contributed by atoms with Crippen LogP contribution < -0.4 is 10.4 Å². The molecule has 356 valence electrons. The van der Waals surface area contributed by atoms with Gasteiger partial charge in [-0.3, -0.25) is 4.79 Å². The Balaban J connectivity index is 1.17. The number of aliphatic hydroxyl groups excluding tert-OH is 2. The summed E-state index contributed by atoms with van der Waals surface area (Å²) in [6, 6.07) is 31.2. The second-order valence-electron chi connectivity index (χ2n) is 19.8. The number of carbonyl (C=O) groups excluding carboxylic acids is 2. The average molecular weight is 921 g/mol. The van der Waals surface area contributed by atoms with E-state index < -0.39 is 47.9 Å². The normalized spacial score (nSPS) is 24.7. The lowest BCUT2D eigenvalue weighted by molar-refractivity contribution is -0.199. The van der Waals surface area contributed by atoms with Gasteiger partial charge < -0.3 is 33.6 Å². The molecule has 0 saturated heterocycles. The van der Waals surface area contributed by atoms with Crippen LogP contribution in [-0.4, -0.2) is 54.2 Å². The first-order valence-corrected chi connectivity index (χ1v) is 24.5. The molecule has 68 heavy (non-hydrogen) atoms. The summed E-state index contributed by atoms with van der Waals surface area (Å²) < 4.78 is 32.4. The van der Waals surface area contributed by atoms with E-state index in [9.17, 15) is 19.8 Å². The lowest BCUT2D eigenvalue weighted by atomic mass is 9.72. The zero-order chi connectivity index (χ0) is 47.5. The number of benzene rings is 4. The Morgan fingerprint density at radius 1 is 0.853 bits per heavy atom. The van der Waals surface area contributed by atoms with Crippen molar-refractivity contribution in [2.75, 3.05) is 20.3 Å². The highest BCUT2D eigenvalue weighted by atomic mass is 16.6. The predicted molar refractivity (Wildman–Crippen MR) is 261 cm³/mol. The van der Waals surface area contributed by atoms with E-state index in [1.165, 1.54) is 23.8 Å². The van der Waals surface area contributed by atoms with Crippen molar-refractivity contribution in [2.45, 2.75) is 127 Å². The van der Waals surface area contributed by atoms with Crippen LogP contribution in [0, 0.1) is 11.8 Å². The second-order valence-corrected chi connectivity index (χ2v) is 19.8. The summed E-state index contributed by atoms with van der Waals surface area (Å²) in [7, 11) is 1.51. The summed E-state index contributed by atoms with van der Waals surface area (Å²) in [6.45, 7) is 5.16. The Morgan fingerprint density at radius 3 is 2.34 bits per heavy atom. The van der Waals surface area contributed by atoms with E-state index in [0.29, 0.717) is 41.5 Å². The molecule has 4 heterocycles. The molecule has 0 spiro atoms. The van der Waals surface area contributed by atoms with Crippen LogP contribution >= 0.6 is 0 Å². The number of rotatable bonds is 10. The number of hydrogen-bond acceptors (Lipinski definition) is 10. The van der Waals surface area contributed by atoms with Gasteiger partial charge in [0, 0.05) is 60.3 Å². The maximum atomic E-state index is 15.1. The minimum Gasteiger partial charge on any atom is -0.483 e. The monoisotopic (exact) mass is 920 g/mol. The van der Waals surface area contributed by atoms with Crippen LogP contribution in [0.3, 0.4) is 0 Å². The van der Waals surface area contributed by atoms with Crippen LogP contribution in [0.1, 0.15) is 141 Å². The quantitative estimate of drug-likeness (QED) is 0.0602. The van der Waals surface area contributed by atoms with Crippen LogP contribution in [0.4, 0.5) is 0 Å². The Bertz CT molecular complexity index is 2740. The molecule has 10 nitrogen and oxygen atoms in total. The average Bonchev–Trinajstić information content (AvgIpc) is 3.89. The van der Waals surface area contributed by atoms with Gasteiger partial charge in [-0.1, -0.05) is 109 Å². The number of carbonyl (C=O) groups is 2. The van der Waals surface area contributed by atoms with Crippen molar-refractivity contribution >= 4 is 22.9 Å². The Kier molecular flexibility index (Phi) is 14.2. The van der Waals surface area contributed by atoms with Gasteiger partial charge in [0.2, 0.25) is 0 Å². The molecule has 2 N–H and O–H groups in total. The smallest absolute Gasteiger partial charge is 0.340 e. The van der Waals surface area contributed by atoms with Gasteiger partial charge >= 0.3 is 17.6 Å². The summed E-state index contributed by atoms with van der Waals surface area (Å²) in [5, 5.41) is 21.4. The molecule has 7 unspecified atom stereocenters. The lowest BCUT2D eigenvalue weighted by Gasteiger charge is -2.48. The van der Waals surface area contributed by atoms with E-state index >= 15 is 4.79 Å². The summed E-state index contributed by atoms with van der Waals surface area (Å²) in [5.41, 5.74) is 6.22. The first-order chi connectivity index (χ1) is 33.0. The van der Waals surface area contributed by atoms with Crippen LogP contribution in [0.2, 0.25) is 0 Å². The van der Waals surface area contributed by atoms with E-state index in [0.717, 1.165) is 48.8 Å². The number of esters is 2. The van der Waals surface area contributed by atoms with Gasteiger partial charge in [0.15, 0.2) is 12.2 Å². The van der Waals surface area contributed by atoms with E-state index in [1.807, 2.05) is 26.8 Å². The Labute approximate surface area is 399 Å². The fourth-order valence-corrected chi connectivity index (χ4v) is 11.7. The van der Waals surface area contributed by atoms with Gasteiger partial charge in [-0.15, -0.1) is 0 Å². The van der Waals surface area contributed by atoms with E-state index in [2.05, 4.69) is 84.9 Å². The van der Waals surface area contributed by atoms with Crippen LogP contribution in [0.5, 0.6) is 5.75 Å².